The van der Waals surface area contributed by atoms with E-state index in [1.165, 1.54) is 12.1 Å². The van der Waals surface area contributed by atoms with Crippen LogP contribution in [0.2, 0.25) is 0 Å². The van der Waals surface area contributed by atoms with E-state index in [9.17, 15) is 14.0 Å². The molecule has 0 aromatic heterocycles. The lowest BCUT2D eigenvalue weighted by atomic mass is 10.2. The van der Waals surface area contributed by atoms with Gasteiger partial charge in [0.05, 0.1) is 17.9 Å². The number of ether oxygens (including phenoxy) is 2. The zero-order valence-electron chi connectivity index (χ0n) is 14.2. The summed E-state index contributed by atoms with van der Waals surface area (Å²) >= 11 is 0. The summed E-state index contributed by atoms with van der Waals surface area (Å²) in [6.07, 6.45) is 0.889. The summed E-state index contributed by atoms with van der Waals surface area (Å²) in [5.74, 6) is -1.13. The Balaban J connectivity index is 1.85. The van der Waals surface area contributed by atoms with Gasteiger partial charge in [-0.05, 0) is 55.3 Å². The van der Waals surface area contributed by atoms with E-state index >= 15 is 0 Å². The Bertz CT molecular complexity index is 744. The number of nitrogens with one attached hydrogen (secondary N) is 1. The van der Waals surface area contributed by atoms with Crippen LogP contribution in [0, 0.1) is 12.7 Å². The zero-order valence-corrected chi connectivity index (χ0v) is 14.2. The fourth-order valence-corrected chi connectivity index (χ4v) is 2.03. The van der Waals surface area contributed by atoms with Crippen LogP contribution in [0.3, 0.4) is 0 Å². The van der Waals surface area contributed by atoms with Gasteiger partial charge in [-0.1, -0.05) is 13.0 Å². The molecule has 25 heavy (non-hydrogen) atoms. The second-order valence-electron chi connectivity index (χ2n) is 5.48. The number of carbonyl (C=O) groups is 2. The van der Waals surface area contributed by atoms with Crippen molar-refractivity contribution in [2.75, 3.05) is 18.5 Å². The molecular weight excluding hydrogens is 325 g/mol. The summed E-state index contributed by atoms with van der Waals surface area (Å²) in [6.45, 7) is 3.84. The number of rotatable bonds is 7. The van der Waals surface area contributed by atoms with E-state index in [4.69, 9.17) is 9.47 Å². The first-order valence-corrected chi connectivity index (χ1v) is 7.95. The number of anilines is 1. The third kappa shape index (κ3) is 5.60. The zero-order chi connectivity index (χ0) is 18.2. The van der Waals surface area contributed by atoms with E-state index in [0.29, 0.717) is 17.9 Å². The first kappa shape index (κ1) is 18.4. The molecule has 5 nitrogen and oxygen atoms in total. The predicted octanol–water partition coefficient (Wildman–Crippen LogP) is 3.72. The topological polar surface area (TPSA) is 64.6 Å². The average Bonchev–Trinajstić information content (AvgIpc) is 2.60. The number of esters is 1. The van der Waals surface area contributed by atoms with Crippen molar-refractivity contribution in [1.82, 2.24) is 0 Å². The van der Waals surface area contributed by atoms with E-state index in [0.717, 1.165) is 12.0 Å². The monoisotopic (exact) mass is 345 g/mol. The standard InChI is InChI=1S/C19H20FNO4/c1-3-10-24-15-7-5-14(6-8-15)19(23)25-12-18(22)21-17-9-4-13(2)11-16(17)20/h4-9,11H,3,10,12H2,1-2H3,(H,21,22). The lowest BCUT2D eigenvalue weighted by Crippen LogP contribution is -2.21. The number of hydrogen-bond acceptors (Lipinski definition) is 4. The molecule has 0 saturated heterocycles. The van der Waals surface area contributed by atoms with Gasteiger partial charge in [0.1, 0.15) is 11.6 Å². The second-order valence-corrected chi connectivity index (χ2v) is 5.48. The third-order valence-corrected chi connectivity index (χ3v) is 3.30. The van der Waals surface area contributed by atoms with E-state index in [-0.39, 0.29) is 5.69 Å². The number of aryl methyl sites for hydroxylation is 1. The number of benzene rings is 2. The fraction of sp³-hybridized carbons (Fsp3) is 0.263. The molecule has 0 radical (unpaired) electrons. The van der Waals surface area contributed by atoms with Gasteiger partial charge in [0.2, 0.25) is 0 Å². The Morgan fingerprint density at radius 2 is 1.84 bits per heavy atom. The molecular formula is C19H20FNO4. The van der Waals surface area contributed by atoms with Crippen LogP contribution in [0.25, 0.3) is 0 Å². The molecule has 0 bridgehead atoms. The highest BCUT2D eigenvalue weighted by atomic mass is 19.1. The Hall–Kier alpha value is -2.89. The first-order chi connectivity index (χ1) is 12.0. The van der Waals surface area contributed by atoms with Crippen molar-refractivity contribution >= 4 is 17.6 Å². The van der Waals surface area contributed by atoms with Gasteiger partial charge in [-0.2, -0.15) is 0 Å². The van der Waals surface area contributed by atoms with Crippen molar-refractivity contribution < 1.29 is 23.5 Å². The molecule has 2 rings (SSSR count). The number of amides is 1. The quantitative estimate of drug-likeness (QED) is 0.777. The average molecular weight is 345 g/mol. The smallest absolute Gasteiger partial charge is 0.338 e. The van der Waals surface area contributed by atoms with Crippen LogP contribution in [0.1, 0.15) is 29.3 Å². The van der Waals surface area contributed by atoms with Crippen LogP contribution < -0.4 is 10.1 Å². The van der Waals surface area contributed by atoms with Crippen LogP contribution in [0.15, 0.2) is 42.5 Å². The van der Waals surface area contributed by atoms with Crippen LogP contribution in [-0.4, -0.2) is 25.1 Å². The van der Waals surface area contributed by atoms with Gasteiger partial charge < -0.3 is 14.8 Å². The first-order valence-electron chi connectivity index (χ1n) is 7.95. The Morgan fingerprint density at radius 3 is 2.48 bits per heavy atom. The molecule has 0 heterocycles. The molecule has 2 aromatic carbocycles. The molecule has 0 fully saturated rings. The maximum atomic E-state index is 13.7. The van der Waals surface area contributed by atoms with E-state index in [1.54, 1.807) is 37.3 Å². The van der Waals surface area contributed by atoms with E-state index < -0.39 is 24.3 Å². The molecule has 6 heteroatoms. The van der Waals surface area contributed by atoms with Gasteiger partial charge >= 0.3 is 5.97 Å². The SMILES string of the molecule is CCCOc1ccc(C(=O)OCC(=O)Nc2ccc(C)cc2F)cc1. The van der Waals surface area contributed by atoms with Crippen LogP contribution in [0.4, 0.5) is 10.1 Å². The fourth-order valence-electron chi connectivity index (χ4n) is 2.03. The lowest BCUT2D eigenvalue weighted by Gasteiger charge is -2.08. The molecule has 0 aliphatic rings. The molecule has 0 saturated carbocycles. The van der Waals surface area contributed by atoms with E-state index in [1.807, 2.05) is 6.92 Å². The maximum Gasteiger partial charge on any atom is 0.338 e. The minimum absolute atomic E-state index is 0.0454. The Morgan fingerprint density at radius 1 is 1.12 bits per heavy atom. The summed E-state index contributed by atoms with van der Waals surface area (Å²) in [6, 6.07) is 10.9. The summed E-state index contributed by atoms with van der Waals surface area (Å²) in [5, 5.41) is 2.37. The minimum atomic E-state index is -0.637. The highest BCUT2D eigenvalue weighted by Gasteiger charge is 2.12. The minimum Gasteiger partial charge on any atom is -0.494 e. The summed E-state index contributed by atoms with van der Waals surface area (Å²) in [5.41, 5.74) is 1.09. The molecule has 2 aromatic rings. The molecule has 0 unspecified atom stereocenters. The summed E-state index contributed by atoms with van der Waals surface area (Å²) < 4.78 is 24.0. The third-order valence-electron chi connectivity index (χ3n) is 3.30. The lowest BCUT2D eigenvalue weighted by molar-refractivity contribution is -0.119. The van der Waals surface area contributed by atoms with Gasteiger partial charge in [0.25, 0.3) is 5.91 Å². The largest absolute Gasteiger partial charge is 0.494 e. The summed E-state index contributed by atoms with van der Waals surface area (Å²) in [4.78, 5) is 23.7. The Labute approximate surface area is 145 Å². The molecule has 1 amide bonds. The molecule has 0 spiro atoms. The highest BCUT2D eigenvalue weighted by molar-refractivity contribution is 5.95. The molecule has 0 aliphatic heterocycles. The molecule has 0 atom stereocenters. The van der Waals surface area contributed by atoms with Gasteiger partial charge in [0, 0.05) is 0 Å². The number of hydrogen-bond donors (Lipinski definition) is 1. The molecule has 1 N–H and O–H groups in total. The van der Waals surface area contributed by atoms with Crippen molar-refractivity contribution in [2.24, 2.45) is 0 Å². The van der Waals surface area contributed by atoms with Gasteiger partial charge in [-0.3, -0.25) is 4.79 Å². The van der Waals surface area contributed by atoms with Crippen LogP contribution >= 0.6 is 0 Å². The van der Waals surface area contributed by atoms with E-state index in [2.05, 4.69) is 5.32 Å². The maximum absolute atomic E-state index is 13.7. The summed E-state index contributed by atoms with van der Waals surface area (Å²) in [7, 11) is 0. The van der Waals surface area contributed by atoms with Crippen LogP contribution in [-0.2, 0) is 9.53 Å². The van der Waals surface area contributed by atoms with Gasteiger partial charge in [-0.25, -0.2) is 9.18 Å². The predicted molar refractivity (Wildman–Crippen MR) is 92.3 cm³/mol. The van der Waals surface area contributed by atoms with Gasteiger partial charge in [-0.15, -0.1) is 0 Å². The van der Waals surface area contributed by atoms with Crippen molar-refractivity contribution in [1.29, 1.82) is 0 Å². The van der Waals surface area contributed by atoms with Crippen LogP contribution in [0.5, 0.6) is 5.75 Å². The van der Waals surface area contributed by atoms with Crippen molar-refractivity contribution in [3.05, 3.63) is 59.4 Å². The van der Waals surface area contributed by atoms with Gasteiger partial charge in [0.15, 0.2) is 6.61 Å². The highest BCUT2D eigenvalue weighted by Crippen LogP contribution is 2.15. The second kappa shape index (κ2) is 8.82. The van der Waals surface area contributed by atoms with Crippen molar-refractivity contribution in [3.63, 3.8) is 0 Å². The number of halogens is 1. The number of carbonyl (C=O) groups excluding carboxylic acids is 2. The Kier molecular flexibility index (Phi) is 6.51. The molecule has 132 valence electrons. The van der Waals surface area contributed by atoms with Crippen molar-refractivity contribution in [2.45, 2.75) is 20.3 Å². The van der Waals surface area contributed by atoms with Crippen molar-refractivity contribution in [3.8, 4) is 5.75 Å². The normalized spacial score (nSPS) is 10.2. The molecule has 0 aliphatic carbocycles.